The average molecular weight is 363 g/mol. The standard InChI is InChI=1S/C22H25N3O2/c1-3-17-11-7-8-16(2)22(17)23-20(26)12-13-21(27)25-15-14-19(24-25)18-9-5-4-6-10-18/h4-11H,3,12-15H2,1-2H3,(H,23,26). The number of hydrogen-bond acceptors (Lipinski definition) is 3. The smallest absolute Gasteiger partial charge is 0.243 e. The average Bonchev–Trinajstić information content (AvgIpc) is 3.19. The number of benzene rings is 2. The molecule has 2 aromatic rings. The Bertz CT molecular complexity index is 859. The Kier molecular flexibility index (Phi) is 6.01. The quantitative estimate of drug-likeness (QED) is 0.846. The van der Waals surface area contributed by atoms with Crippen LogP contribution in [0, 0.1) is 6.92 Å². The van der Waals surface area contributed by atoms with Crippen LogP contribution in [-0.2, 0) is 16.0 Å². The Morgan fingerprint density at radius 1 is 1.07 bits per heavy atom. The highest BCUT2D eigenvalue weighted by Crippen LogP contribution is 2.21. The molecule has 0 spiro atoms. The molecule has 0 saturated heterocycles. The lowest BCUT2D eigenvalue weighted by molar-refractivity contribution is -0.132. The Morgan fingerprint density at radius 2 is 1.85 bits per heavy atom. The molecule has 0 aliphatic carbocycles. The first-order chi connectivity index (χ1) is 13.1. The van der Waals surface area contributed by atoms with Crippen LogP contribution < -0.4 is 5.32 Å². The minimum atomic E-state index is -0.140. The third kappa shape index (κ3) is 4.61. The topological polar surface area (TPSA) is 61.8 Å². The molecule has 2 aromatic carbocycles. The maximum absolute atomic E-state index is 12.4. The molecule has 1 aliphatic heterocycles. The predicted molar refractivity (Wildman–Crippen MR) is 108 cm³/mol. The van der Waals surface area contributed by atoms with Gasteiger partial charge < -0.3 is 5.32 Å². The van der Waals surface area contributed by atoms with E-state index >= 15 is 0 Å². The van der Waals surface area contributed by atoms with Gasteiger partial charge >= 0.3 is 0 Å². The molecule has 5 heteroatoms. The number of para-hydroxylation sites is 1. The third-order valence-corrected chi connectivity index (χ3v) is 4.77. The van der Waals surface area contributed by atoms with Crippen molar-refractivity contribution >= 4 is 23.2 Å². The van der Waals surface area contributed by atoms with E-state index in [2.05, 4.69) is 17.3 Å². The van der Waals surface area contributed by atoms with Crippen LogP contribution in [0.2, 0.25) is 0 Å². The van der Waals surface area contributed by atoms with E-state index in [4.69, 9.17) is 0 Å². The van der Waals surface area contributed by atoms with Crippen molar-refractivity contribution in [2.24, 2.45) is 5.10 Å². The summed E-state index contributed by atoms with van der Waals surface area (Å²) in [5, 5.41) is 8.88. The van der Waals surface area contributed by atoms with Crippen LogP contribution >= 0.6 is 0 Å². The van der Waals surface area contributed by atoms with E-state index in [0.29, 0.717) is 6.54 Å². The molecule has 140 valence electrons. The van der Waals surface area contributed by atoms with Crippen molar-refractivity contribution < 1.29 is 9.59 Å². The fraction of sp³-hybridized carbons (Fsp3) is 0.318. The summed E-state index contributed by atoms with van der Waals surface area (Å²) in [6.45, 7) is 4.61. The molecule has 0 saturated carbocycles. The van der Waals surface area contributed by atoms with Gasteiger partial charge in [-0.05, 0) is 30.0 Å². The maximum atomic E-state index is 12.4. The first kappa shape index (κ1) is 18.8. The molecule has 1 heterocycles. The summed E-state index contributed by atoms with van der Waals surface area (Å²) in [6.07, 6.45) is 1.90. The van der Waals surface area contributed by atoms with E-state index in [9.17, 15) is 9.59 Å². The van der Waals surface area contributed by atoms with Crippen molar-refractivity contribution in [1.29, 1.82) is 0 Å². The highest BCUT2D eigenvalue weighted by molar-refractivity contribution is 6.03. The van der Waals surface area contributed by atoms with Crippen molar-refractivity contribution in [3.05, 3.63) is 65.2 Å². The van der Waals surface area contributed by atoms with Crippen LogP contribution in [0.1, 0.15) is 42.9 Å². The second kappa shape index (κ2) is 8.62. The van der Waals surface area contributed by atoms with E-state index in [-0.39, 0.29) is 24.7 Å². The lowest BCUT2D eigenvalue weighted by atomic mass is 10.1. The molecule has 27 heavy (non-hydrogen) atoms. The molecule has 5 nitrogen and oxygen atoms in total. The Morgan fingerprint density at radius 3 is 2.59 bits per heavy atom. The van der Waals surface area contributed by atoms with Crippen molar-refractivity contribution in [3.8, 4) is 0 Å². The van der Waals surface area contributed by atoms with E-state index in [1.807, 2.05) is 55.5 Å². The molecule has 1 aliphatic rings. The van der Waals surface area contributed by atoms with Gasteiger partial charge in [0.1, 0.15) is 0 Å². The number of hydrazone groups is 1. The van der Waals surface area contributed by atoms with E-state index in [1.54, 1.807) is 0 Å². The van der Waals surface area contributed by atoms with Gasteiger partial charge in [-0.15, -0.1) is 0 Å². The number of nitrogens with one attached hydrogen (secondary N) is 1. The number of anilines is 1. The van der Waals surface area contributed by atoms with Gasteiger partial charge in [-0.25, -0.2) is 5.01 Å². The number of aryl methyl sites for hydroxylation is 2. The number of carbonyl (C=O) groups excluding carboxylic acids is 2. The van der Waals surface area contributed by atoms with Crippen LogP contribution in [0.5, 0.6) is 0 Å². The second-order valence-electron chi connectivity index (χ2n) is 6.69. The summed E-state index contributed by atoms with van der Waals surface area (Å²) >= 11 is 0. The SMILES string of the molecule is CCc1cccc(C)c1NC(=O)CCC(=O)N1CCC(c2ccccc2)=N1. The summed E-state index contributed by atoms with van der Waals surface area (Å²) < 4.78 is 0. The predicted octanol–water partition coefficient (Wildman–Crippen LogP) is 3.91. The molecule has 0 aromatic heterocycles. The Balaban J connectivity index is 1.55. The van der Waals surface area contributed by atoms with Crippen LogP contribution in [0.3, 0.4) is 0 Å². The molecule has 3 rings (SSSR count). The molecule has 1 N–H and O–H groups in total. The van der Waals surface area contributed by atoms with Crippen LogP contribution in [0.4, 0.5) is 5.69 Å². The van der Waals surface area contributed by atoms with Gasteiger partial charge in [0.15, 0.2) is 0 Å². The minimum absolute atomic E-state index is 0.114. The second-order valence-corrected chi connectivity index (χ2v) is 6.69. The lowest BCUT2D eigenvalue weighted by Gasteiger charge is -2.14. The zero-order chi connectivity index (χ0) is 19.2. The Labute approximate surface area is 160 Å². The first-order valence-corrected chi connectivity index (χ1v) is 9.40. The fourth-order valence-corrected chi connectivity index (χ4v) is 3.22. The lowest BCUT2D eigenvalue weighted by Crippen LogP contribution is -2.25. The number of amides is 2. The Hall–Kier alpha value is -2.95. The normalized spacial score (nSPS) is 13.4. The number of nitrogens with zero attached hydrogens (tertiary/aromatic N) is 2. The van der Waals surface area contributed by atoms with Crippen molar-refractivity contribution in [3.63, 3.8) is 0 Å². The van der Waals surface area contributed by atoms with Crippen molar-refractivity contribution in [1.82, 2.24) is 5.01 Å². The van der Waals surface area contributed by atoms with E-state index in [0.717, 1.165) is 40.9 Å². The van der Waals surface area contributed by atoms with Gasteiger partial charge in [0.25, 0.3) is 0 Å². The first-order valence-electron chi connectivity index (χ1n) is 9.40. The van der Waals surface area contributed by atoms with E-state index in [1.165, 1.54) is 5.01 Å². The summed E-state index contributed by atoms with van der Waals surface area (Å²) in [5.41, 5.74) is 4.96. The van der Waals surface area contributed by atoms with E-state index < -0.39 is 0 Å². The van der Waals surface area contributed by atoms with Crippen LogP contribution in [0.15, 0.2) is 53.6 Å². The van der Waals surface area contributed by atoms with Gasteiger partial charge in [-0.1, -0.05) is 55.5 Å². The zero-order valence-electron chi connectivity index (χ0n) is 15.9. The highest BCUT2D eigenvalue weighted by atomic mass is 16.2. The number of carbonyl (C=O) groups is 2. The molecular formula is C22H25N3O2. The fourth-order valence-electron chi connectivity index (χ4n) is 3.22. The number of rotatable bonds is 6. The summed E-state index contributed by atoms with van der Waals surface area (Å²) in [5.74, 6) is -0.254. The molecule has 0 bridgehead atoms. The third-order valence-electron chi connectivity index (χ3n) is 4.77. The zero-order valence-corrected chi connectivity index (χ0v) is 15.9. The largest absolute Gasteiger partial charge is 0.326 e. The van der Waals surface area contributed by atoms with Gasteiger partial charge in [-0.3, -0.25) is 9.59 Å². The van der Waals surface area contributed by atoms with Gasteiger partial charge in [0.2, 0.25) is 11.8 Å². The summed E-state index contributed by atoms with van der Waals surface area (Å²) in [7, 11) is 0. The summed E-state index contributed by atoms with van der Waals surface area (Å²) in [6, 6.07) is 15.8. The highest BCUT2D eigenvalue weighted by Gasteiger charge is 2.22. The maximum Gasteiger partial charge on any atom is 0.243 e. The number of hydrogen-bond donors (Lipinski definition) is 1. The van der Waals surface area contributed by atoms with Gasteiger partial charge in [0.05, 0.1) is 12.3 Å². The molecule has 0 atom stereocenters. The molecule has 2 amide bonds. The van der Waals surface area contributed by atoms with Crippen molar-refractivity contribution in [2.75, 3.05) is 11.9 Å². The van der Waals surface area contributed by atoms with Gasteiger partial charge in [-0.2, -0.15) is 5.10 Å². The van der Waals surface area contributed by atoms with Crippen LogP contribution in [-0.4, -0.2) is 29.1 Å². The molecule has 0 radical (unpaired) electrons. The summed E-state index contributed by atoms with van der Waals surface area (Å²) in [4.78, 5) is 24.7. The van der Waals surface area contributed by atoms with Crippen LogP contribution in [0.25, 0.3) is 0 Å². The van der Waals surface area contributed by atoms with Crippen molar-refractivity contribution in [2.45, 2.75) is 39.5 Å². The minimum Gasteiger partial charge on any atom is -0.326 e. The molecule has 0 unspecified atom stereocenters. The molecular weight excluding hydrogens is 338 g/mol. The monoisotopic (exact) mass is 363 g/mol. The molecule has 0 fully saturated rings. The van der Waals surface area contributed by atoms with Gasteiger partial charge in [0, 0.05) is 24.9 Å².